The van der Waals surface area contributed by atoms with Gasteiger partial charge in [-0.3, -0.25) is 4.68 Å². The Morgan fingerprint density at radius 1 is 1.20 bits per heavy atom. The lowest BCUT2D eigenvalue weighted by Crippen LogP contribution is -2.44. The smallest absolute Gasteiger partial charge is 0.162 e. The number of aryl methyl sites for hydroxylation is 2. The highest BCUT2D eigenvalue weighted by atomic mass is 16.5. The number of rotatable bonds is 7. The standard InChI is InChI=1S/C26H34N8O/c1-17-16-35-14-13-33(17)23-15-22(24-18(2)31-34(19(24)3)12-6-11-32(4)5)29-26(30-23)21-8-10-28-25-20(21)7-9-27-25/h7-10,15,17H,6,11-14,16H2,1-5H3,(H,27,28)/t17-/m1/s1. The molecule has 4 aromatic rings. The number of ether oxygens (including phenoxy) is 1. The lowest BCUT2D eigenvalue weighted by atomic mass is 10.1. The van der Waals surface area contributed by atoms with Gasteiger partial charge in [-0.15, -0.1) is 0 Å². The highest BCUT2D eigenvalue weighted by molar-refractivity contribution is 5.91. The fraction of sp³-hybridized carbons (Fsp3) is 0.462. The van der Waals surface area contributed by atoms with Crippen LogP contribution in [0.3, 0.4) is 0 Å². The molecule has 0 amide bonds. The number of hydrogen-bond acceptors (Lipinski definition) is 7. The molecule has 0 bridgehead atoms. The van der Waals surface area contributed by atoms with E-state index in [4.69, 9.17) is 19.8 Å². The fourth-order valence-corrected chi connectivity index (χ4v) is 4.88. The zero-order valence-electron chi connectivity index (χ0n) is 21.2. The zero-order chi connectivity index (χ0) is 24.5. The maximum absolute atomic E-state index is 5.69. The summed E-state index contributed by atoms with van der Waals surface area (Å²) in [5, 5.41) is 5.89. The van der Waals surface area contributed by atoms with Gasteiger partial charge in [0.05, 0.1) is 30.6 Å². The minimum atomic E-state index is 0.236. The van der Waals surface area contributed by atoms with E-state index < -0.39 is 0 Å². The summed E-state index contributed by atoms with van der Waals surface area (Å²) in [7, 11) is 4.20. The van der Waals surface area contributed by atoms with Crippen molar-refractivity contribution in [3.8, 4) is 22.6 Å². The quantitative estimate of drug-likeness (QED) is 0.437. The van der Waals surface area contributed by atoms with Crippen LogP contribution in [0.15, 0.2) is 30.6 Å². The van der Waals surface area contributed by atoms with Crippen LogP contribution in [0.5, 0.6) is 0 Å². The maximum atomic E-state index is 5.69. The Bertz CT molecular complexity index is 1320. The second-order valence-corrected chi connectivity index (χ2v) is 9.58. The van der Waals surface area contributed by atoms with Crippen LogP contribution < -0.4 is 4.90 Å². The van der Waals surface area contributed by atoms with Gasteiger partial charge >= 0.3 is 0 Å². The van der Waals surface area contributed by atoms with Gasteiger partial charge in [0.25, 0.3) is 0 Å². The predicted molar refractivity (Wildman–Crippen MR) is 139 cm³/mol. The van der Waals surface area contributed by atoms with Gasteiger partial charge in [0, 0.05) is 53.8 Å². The summed E-state index contributed by atoms with van der Waals surface area (Å²) in [6, 6.07) is 6.37. The first-order chi connectivity index (χ1) is 16.9. The van der Waals surface area contributed by atoms with E-state index in [1.807, 2.05) is 18.3 Å². The Balaban J connectivity index is 1.62. The number of aromatic nitrogens is 6. The summed E-state index contributed by atoms with van der Waals surface area (Å²) < 4.78 is 7.81. The first-order valence-electron chi connectivity index (χ1n) is 12.3. The van der Waals surface area contributed by atoms with Gasteiger partial charge in [-0.2, -0.15) is 5.10 Å². The molecule has 184 valence electrons. The van der Waals surface area contributed by atoms with Crippen LogP contribution in [0.25, 0.3) is 33.7 Å². The topological polar surface area (TPSA) is 88.0 Å². The Morgan fingerprint density at radius 3 is 2.86 bits per heavy atom. The summed E-state index contributed by atoms with van der Waals surface area (Å²) in [5.74, 6) is 1.61. The van der Waals surface area contributed by atoms with Crippen LogP contribution in [0, 0.1) is 13.8 Å². The molecule has 9 nitrogen and oxygen atoms in total. The molecule has 0 saturated carbocycles. The van der Waals surface area contributed by atoms with E-state index in [0.29, 0.717) is 19.0 Å². The monoisotopic (exact) mass is 474 g/mol. The van der Waals surface area contributed by atoms with Crippen LogP contribution in [-0.4, -0.2) is 81.1 Å². The molecule has 0 aromatic carbocycles. The largest absolute Gasteiger partial charge is 0.377 e. The average molecular weight is 475 g/mol. The summed E-state index contributed by atoms with van der Waals surface area (Å²) in [5.41, 5.74) is 5.90. The molecule has 35 heavy (non-hydrogen) atoms. The third-order valence-electron chi connectivity index (χ3n) is 6.69. The van der Waals surface area contributed by atoms with Crippen LogP contribution in [-0.2, 0) is 11.3 Å². The molecule has 9 heteroatoms. The summed E-state index contributed by atoms with van der Waals surface area (Å²) >= 11 is 0. The van der Waals surface area contributed by atoms with Crippen LogP contribution in [0.2, 0.25) is 0 Å². The molecule has 1 fully saturated rings. The molecular weight excluding hydrogens is 440 g/mol. The van der Waals surface area contributed by atoms with E-state index >= 15 is 0 Å². The third kappa shape index (κ3) is 4.66. The number of nitrogens with one attached hydrogen (secondary N) is 1. The minimum Gasteiger partial charge on any atom is -0.377 e. The van der Waals surface area contributed by atoms with E-state index in [1.165, 1.54) is 0 Å². The van der Waals surface area contributed by atoms with Crippen LogP contribution >= 0.6 is 0 Å². The number of aromatic amines is 1. The Labute approximate surface area is 206 Å². The number of hydrogen-bond donors (Lipinski definition) is 1. The van der Waals surface area contributed by atoms with Gasteiger partial charge in [-0.25, -0.2) is 15.0 Å². The lowest BCUT2D eigenvalue weighted by Gasteiger charge is -2.34. The highest BCUT2D eigenvalue weighted by Gasteiger charge is 2.24. The fourth-order valence-electron chi connectivity index (χ4n) is 4.88. The van der Waals surface area contributed by atoms with Crippen molar-refractivity contribution in [3.63, 3.8) is 0 Å². The van der Waals surface area contributed by atoms with Gasteiger partial charge in [0.1, 0.15) is 11.5 Å². The Morgan fingerprint density at radius 2 is 2.06 bits per heavy atom. The van der Waals surface area contributed by atoms with Crippen molar-refractivity contribution >= 4 is 16.9 Å². The second kappa shape index (κ2) is 9.75. The van der Waals surface area contributed by atoms with Crippen LogP contribution in [0.1, 0.15) is 24.7 Å². The van der Waals surface area contributed by atoms with Crippen molar-refractivity contribution < 1.29 is 4.74 Å². The summed E-state index contributed by atoms with van der Waals surface area (Å²) in [4.78, 5) is 22.3. The third-order valence-corrected chi connectivity index (χ3v) is 6.69. The van der Waals surface area contributed by atoms with Gasteiger partial charge in [0.2, 0.25) is 0 Å². The van der Waals surface area contributed by atoms with E-state index in [2.05, 4.69) is 65.4 Å². The van der Waals surface area contributed by atoms with E-state index in [0.717, 1.165) is 71.1 Å². The number of anilines is 1. The molecule has 0 unspecified atom stereocenters. The molecule has 0 radical (unpaired) electrons. The average Bonchev–Trinajstić information content (AvgIpc) is 3.42. The molecule has 1 aliphatic heterocycles. The molecule has 1 saturated heterocycles. The van der Waals surface area contributed by atoms with E-state index in [9.17, 15) is 0 Å². The first-order valence-corrected chi connectivity index (χ1v) is 12.3. The number of pyridine rings is 1. The molecule has 0 aliphatic carbocycles. The van der Waals surface area contributed by atoms with Gasteiger partial charge in [-0.1, -0.05) is 0 Å². The molecule has 4 aromatic heterocycles. The second-order valence-electron chi connectivity index (χ2n) is 9.58. The lowest BCUT2D eigenvalue weighted by molar-refractivity contribution is 0.0985. The molecule has 5 heterocycles. The van der Waals surface area contributed by atoms with Gasteiger partial charge in [-0.05, 0) is 60.0 Å². The minimum absolute atomic E-state index is 0.236. The zero-order valence-corrected chi connectivity index (χ0v) is 21.2. The molecular formula is C26H34N8O. The van der Waals surface area contributed by atoms with E-state index in [1.54, 1.807) is 6.20 Å². The summed E-state index contributed by atoms with van der Waals surface area (Å²) in [6.45, 7) is 10.5. The Hall–Kier alpha value is -3.30. The van der Waals surface area contributed by atoms with Crippen molar-refractivity contribution in [3.05, 3.63) is 42.0 Å². The predicted octanol–water partition coefficient (Wildman–Crippen LogP) is 3.68. The van der Waals surface area contributed by atoms with Crippen molar-refractivity contribution in [2.75, 3.05) is 45.3 Å². The summed E-state index contributed by atoms with van der Waals surface area (Å²) in [6.07, 6.45) is 4.75. The molecule has 1 atom stereocenters. The van der Waals surface area contributed by atoms with E-state index in [-0.39, 0.29) is 6.04 Å². The molecule has 0 spiro atoms. The number of fused-ring (bicyclic) bond motifs is 1. The van der Waals surface area contributed by atoms with Crippen molar-refractivity contribution in [2.24, 2.45) is 0 Å². The van der Waals surface area contributed by atoms with Gasteiger partial charge < -0.3 is 19.5 Å². The number of nitrogens with zero attached hydrogens (tertiary/aromatic N) is 7. The number of morpholine rings is 1. The normalized spacial score (nSPS) is 16.5. The maximum Gasteiger partial charge on any atom is 0.162 e. The molecule has 1 aliphatic rings. The van der Waals surface area contributed by atoms with Gasteiger partial charge in [0.15, 0.2) is 5.82 Å². The SMILES string of the molecule is Cc1nn(CCCN(C)C)c(C)c1-c1cc(N2CCOC[C@H]2C)nc(-c2ccnc3[nH]ccc23)n1. The van der Waals surface area contributed by atoms with Crippen molar-refractivity contribution in [1.29, 1.82) is 0 Å². The first kappa shape index (κ1) is 23.4. The Kier molecular flexibility index (Phi) is 6.53. The molecule has 1 N–H and O–H groups in total. The molecule has 5 rings (SSSR count). The van der Waals surface area contributed by atoms with Crippen LogP contribution in [0.4, 0.5) is 5.82 Å². The van der Waals surface area contributed by atoms with Crippen molar-refractivity contribution in [2.45, 2.75) is 39.8 Å². The van der Waals surface area contributed by atoms with Crippen molar-refractivity contribution in [1.82, 2.24) is 34.6 Å². The highest BCUT2D eigenvalue weighted by Crippen LogP contribution is 2.33. The number of H-pyrrole nitrogens is 1.